The van der Waals surface area contributed by atoms with Gasteiger partial charge in [0.05, 0.1) is 0 Å². The third kappa shape index (κ3) is 3.10. The van der Waals surface area contributed by atoms with Crippen LogP contribution < -0.4 is 5.73 Å². The third-order valence-electron chi connectivity index (χ3n) is 1.39. The molecule has 1 atom stereocenters. The van der Waals surface area contributed by atoms with Crippen LogP contribution in [-0.2, 0) is 0 Å². The first-order valence-electron chi connectivity index (χ1n) is 3.21. The molecule has 0 aliphatic rings. The van der Waals surface area contributed by atoms with E-state index in [4.69, 9.17) is 17.3 Å². The summed E-state index contributed by atoms with van der Waals surface area (Å²) >= 11 is 5.56. The minimum Gasteiger partial charge on any atom is -0.323 e. The molecule has 0 saturated heterocycles. The fourth-order valence-corrected chi connectivity index (χ4v) is 0.967. The first-order chi connectivity index (χ1) is 4.84. The Labute approximate surface area is 78.0 Å². The van der Waals surface area contributed by atoms with E-state index >= 15 is 0 Å². The van der Waals surface area contributed by atoms with E-state index in [1.165, 1.54) is 0 Å². The molecule has 0 aliphatic heterocycles. The van der Waals surface area contributed by atoms with Gasteiger partial charge < -0.3 is 5.73 Å². The molecule has 0 saturated carbocycles. The highest BCUT2D eigenvalue weighted by atomic mass is 35.5. The van der Waals surface area contributed by atoms with Crippen molar-refractivity contribution in [3.05, 3.63) is 35.9 Å². The van der Waals surface area contributed by atoms with E-state index in [1.807, 2.05) is 30.3 Å². The lowest BCUT2D eigenvalue weighted by molar-refractivity contribution is 0.826. The summed E-state index contributed by atoms with van der Waals surface area (Å²) in [5.41, 5.74) is 6.76. The molecule has 1 rings (SSSR count). The predicted molar refractivity (Wildman–Crippen MR) is 51.3 cm³/mol. The lowest BCUT2D eigenvalue weighted by Gasteiger charge is -2.05. The van der Waals surface area contributed by atoms with Gasteiger partial charge in [0.15, 0.2) is 0 Å². The molecule has 0 heterocycles. The number of rotatable bonds is 2. The van der Waals surface area contributed by atoms with E-state index in [-0.39, 0.29) is 18.4 Å². The summed E-state index contributed by atoms with van der Waals surface area (Å²) < 4.78 is 0. The van der Waals surface area contributed by atoms with Crippen molar-refractivity contribution in [3.63, 3.8) is 0 Å². The highest BCUT2D eigenvalue weighted by Gasteiger charge is 2.00. The molecule has 3 heteroatoms. The Bertz CT molecular complexity index is 189. The molecule has 0 spiro atoms. The standard InChI is InChI=1S/C8H10ClN.ClH/c9-6-8(10)7-4-2-1-3-5-7;/h1-5,8H,6,10H2;1H. The molecule has 1 aromatic carbocycles. The van der Waals surface area contributed by atoms with Gasteiger partial charge in [0.2, 0.25) is 0 Å². The first kappa shape index (κ1) is 10.8. The van der Waals surface area contributed by atoms with Crippen LogP contribution >= 0.6 is 24.0 Å². The Kier molecular flexibility index (Phi) is 5.30. The molecular weight excluding hydrogens is 181 g/mol. The molecular formula is C8H11Cl2N. The molecule has 1 aromatic rings. The predicted octanol–water partition coefficient (Wildman–Crippen LogP) is 2.35. The summed E-state index contributed by atoms with van der Waals surface area (Å²) in [6, 6.07) is 9.82. The Morgan fingerprint density at radius 2 is 1.82 bits per heavy atom. The average molecular weight is 192 g/mol. The number of benzene rings is 1. The van der Waals surface area contributed by atoms with Gasteiger partial charge in [0.1, 0.15) is 0 Å². The van der Waals surface area contributed by atoms with Gasteiger partial charge in [0, 0.05) is 11.9 Å². The highest BCUT2D eigenvalue weighted by Crippen LogP contribution is 2.09. The Morgan fingerprint density at radius 3 is 2.27 bits per heavy atom. The second-order valence-electron chi connectivity index (χ2n) is 2.17. The summed E-state index contributed by atoms with van der Waals surface area (Å²) in [4.78, 5) is 0. The van der Waals surface area contributed by atoms with Crippen molar-refractivity contribution in [2.75, 3.05) is 5.88 Å². The van der Waals surface area contributed by atoms with Gasteiger partial charge in [-0.3, -0.25) is 0 Å². The van der Waals surface area contributed by atoms with Crippen LogP contribution in [0, 0.1) is 0 Å². The average Bonchev–Trinajstić information content (AvgIpc) is 2.05. The molecule has 1 unspecified atom stereocenters. The van der Waals surface area contributed by atoms with Crippen molar-refractivity contribution in [2.24, 2.45) is 5.73 Å². The maximum absolute atomic E-state index is 5.66. The zero-order chi connectivity index (χ0) is 7.40. The molecule has 1 nitrogen and oxygen atoms in total. The number of alkyl halides is 1. The summed E-state index contributed by atoms with van der Waals surface area (Å²) in [5.74, 6) is 0.476. The fourth-order valence-electron chi connectivity index (χ4n) is 0.789. The third-order valence-corrected chi connectivity index (χ3v) is 1.73. The Balaban J connectivity index is 0.000001000. The van der Waals surface area contributed by atoms with E-state index in [0.717, 1.165) is 5.56 Å². The van der Waals surface area contributed by atoms with E-state index in [0.29, 0.717) is 5.88 Å². The molecule has 0 amide bonds. The molecule has 0 aromatic heterocycles. The topological polar surface area (TPSA) is 26.0 Å². The van der Waals surface area contributed by atoms with Crippen molar-refractivity contribution in [1.29, 1.82) is 0 Å². The van der Waals surface area contributed by atoms with Crippen LogP contribution in [0.4, 0.5) is 0 Å². The maximum Gasteiger partial charge on any atom is 0.0432 e. The van der Waals surface area contributed by atoms with Crippen LogP contribution in [0.1, 0.15) is 11.6 Å². The normalized spacial score (nSPS) is 11.8. The summed E-state index contributed by atoms with van der Waals surface area (Å²) in [6.07, 6.45) is 0. The van der Waals surface area contributed by atoms with Gasteiger partial charge in [0.25, 0.3) is 0 Å². The Morgan fingerprint density at radius 1 is 1.27 bits per heavy atom. The summed E-state index contributed by atoms with van der Waals surface area (Å²) in [6.45, 7) is 0. The lowest BCUT2D eigenvalue weighted by atomic mass is 10.1. The number of hydrogen-bond acceptors (Lipinski definition) is 1. The lowest BCUT2D eigenvalue weighted by Crippen LogP contribution is -2.10. The van der Waals surface area contributed by atoms with Crippen molar-refractivity contribution < 1.29 is 0 Å². The van der Waals surface area contributed by atoms with Gasteiger partial charge in [-0.15, -0.1) is 24.0 Å². The van der Waals surface area contributed by atoms with Crippen molar-refractivity contribution >= 4 is 24.0 Å². The Hall–Kier alpha value is -0.240. The van der Waals surface area contributed by atoms with Crippen molar-refractivity contribution in [1.82, 2.24) is 0 Å². The van der Waals surface area contributed by atoms with Gasteiger partial charge in [-0.1, -0.05) is 30.3 Å². The van der Waals surface area contributed by atoms with Crippen molar-refractivity contribution in [3.8, 4) is 0 Å². The molecule has 11 heavy (non-hydrogen) atoms. The van der Waals surface area contributed by atoms with Crippen LogP contribution in [0.25, 0.3) is 0 Å². The molecule has 0 aliphatic carbocycles. The van der Waals surface area contributed by atoms with Crippen LogP contribution in [0.5, 0.6) is 0 Å². The van der Waals surface area contributed by atoms with E-state index in [1.54, 1.807) is 0 Å². The van der Waals surface area contributed by atoms with Gasteiger partial charge >= 0.3 is 0 Å². The number of halogens is 2. The monoisotopic (exact) mass is 191 g/mol. The molecule has 0 radical (unpaired) electrons. The fraction of sp³-hybridized carbons (Fsp3) is 0.250. The van der Waals surface area contributed by atoms with Crippen LogP contribution in [0.3, 0.4) is 0 Å². The van der Waals surface area contributed by atoms with Crippen LogP contribution in [-0.4, -0.2) is 5.88 Å². The van der Waals surface area contributed by atoms with Gasteiger partial charge in [-0.25, -0.2) is 0 Å². The van der Waals surface area contributed by atoms with E-state index in [9.17, 15) is 0 Å². The van der Waals surface area contributed by atoms with Crippen molar-refractivity contribution in [2.45, 2.75) is 6.04 Å². The smallest absolute Gasteiger partial charge is 0.0432 e. The molecule has 2 N–H and O–H groups in total. The second kappa shape index (κ2) is 5.42. The molecule has 62 valence electrons. The number of nitrogens with two attached hydrogens (primary N) is 1. The SMILES string of the molecule is Cl.NC(CCl)c1ccccc1. The maximum atomic E-state index is 5.66. The zero-order valence-electron chi connectivity index (χ0n) is 6.03. The minimum atomic E-state index is -0.0251. The van der Waals surface area contributed by atoms with Gasteiger partial charge in [-0.05, 0) is 5.56 Å². The minimum absolute atomic E-state index is 0. The largest absolute Gasteiger partial charge is 0.323 e. The van der Waals surface area contributed by atoms with Crippen LogP contribution in [0.15, 0.2) is 30.3 Å². The quantitative estimate of drug-likeness (QED) is 0.715. The molecule has 0 fully saturated rings. The second-order valence-corrected chi connectivity index (χ2v) is 2.48. The van der Waals surface area contributed by atoms with E-state index in [2.05, 4.69) is 0 Å². The highest BCUT2D eigenvalue weighted by molar-refractivity contribution is 6.18. The van der Waals surface area contributed by atoms with Crippen LogP contribution in [0.2, 0.25) is 0 Å². The summed E-state index contributed by atoms with van der Waals surface area (Å²) in [5, 5.41) is 0. The van der Waals surface area contributed by atoms with E-state index < -0.39 is 0 Å². The first-order valence-corrected chi connectivity index (χ1v) is 3.74. The zero-order valence-corrected chi connectivity index (χ0v) is 7.61. The van der Waals surface area contributed by atoms with Gasteiger partial charge in [-0.2, -0.15) is 0 Å². The molecule has 0 bridgehead atoms. The summed E-state index contributed by atoms with van der Waals surface area (Å²) in [7, 11) is 0. The number of hydrogen-bond donors (Lipinski definition) is 1.